The highest BCUT2D eigenvalue weighted by Gasteiger charge is 2.21. The molecule has 1 saturated heterocycles. The van der Waals surface area contributed by atoms with Crippen LogP contribution in [-0.2, 0) is 0 Å². The number of hydrogen-bond donors (Lipinski definition) is 1. The van der Waals surface area contributed by atoms with Crippen LogP contribution in [0.15, 0.2) is 24.3 Å². The smallest absolute Gasteiger partial charge is 0.120 e. The summed E-state index contributed by atoms with van der Waals surface area (Å²) >= 11 is 0. The number of phenols is 1. The first kappa shape index (κ1) is 11.4. The lowest BCUT2D eigenvalue weighted by atomic mass is 10.1. The lowest BCUT2D eigenvalue weighted by Gasteiger charge is -2.36. The van der Waals surface area contributed by atoms with Gasteiger partial charge in [0.2, 0.25) is 0 Å². The van der Waals surface area contributed by atoms with Crippen LogP contribution in [0.3, 0.4) is 0 Å². The molecule has 2 rings (SSSR count). The number of phenolic OH excluding ortho intramolecular Hbond substituents is 1. The van der Waals surface area contributed by atoms with Gasteiger partial charge in [0.1, 0.15) is 5.75 Å². The van der Waals surface area contributed by atoms with Gasteiger partial charge in [-0.2, -0.15) is 0 Å². The molecule has 1 aliphatic rings. The summed E-state index contributed by atoms with van der Waals surface area (Å²) in [5, 5.41) is 9.83. The maximum absolute atomic E-state index is 9.83. The molecule has 0 amide bonds. The molecule has 3 heteroatoms. The van der Waals surface area contributed by atoms with Gasteiger partial charge in [-0.05, 0) is 20.0 Å². The molecule has 1 atom stereocenters. The first-order chi connectivity index (χ1) is 7.68. The molecule has 1 aliphatic heterocycles. The predicted octanol–water partition coefficient (Wildman–Crippen LogP) is 1.70. The summed E-state index contributed by atoms with van der Waals surface area (Å²) in [4.78, 5) is 4.77. The van der Waals surface area contributed by atoms with Crippen molar-refractivity contribution in [3.63, 3.8) is 0 Å². The Morgan fingerprint density at radius 1 is 1.12 bits per heavy atom. The van der Waals surface area contributed by atoms with Crippen molar-refractivity contribution in [1.82, 2.24) is 9.80 Å². The molecule has 88 valence electrons. The van der Waals surface area contributed by atoms with Gasteiger partial charge in [-0.3, -0.25) is 4.90 Å². The quantitative estimate of drug-likeness (QED) is 0.822. The minimum Gasteiger partial charge on any atom is -0.508 e. The van der Waals surface area contributed by atoms with Gasteiger partial charge in [0.15, 0.2) is 0 Å². The normalized spacial score (nSPS) is 20.9. The van der Waals surface area contributed by atoms with Gasteiger partial charge < -0.3 is 10.0 Å². The van der Waals surface area contributed by atoms with Gasteiger partial charge >= 0.3 is 0 Å². The second-order valence-corrected chi connectivity index (χ2v) is 4.57. The van der Waals surface area contributed by atoms with Gasteiger partial charge in [0.25, 0.3) is 0 Å². The third-order valence-electron chi connectivity index (χ3n) is 3.47. The van der Waals surface area contributed by atoms with E-state index in [1.165, 1.54) is 0 Å². The SMILES string of the molecule is CC(c1ccccc1O)N1CCN(C)CC1. The third kappa shape index (κ3) is 2.36. The molecule has 1 aromatic rings. The summed E-state index contributed by atoms with van der Waals surface area (Å²) in [6.07, 6.45) is 0. The number of nitrogens with zero attached hydrogens (tertiary/aromatic N) is 2. The molecule has 1 aromatic carbocycles. The van der Waals surface area contributed by atoms with Crippen molar-refractivity contribution in [2.75, 3.05) is 33.2 Å². The fourth-order valence-corrected chi connectivity index (χ4v) is 2.25. The fourth-order valence-electron chi connectivity index (χ4n) is 2.25. The van der Waals surface area contributed by atoms with Crippen LogP contribution < -0.4 is 0 Å². The van der Waals surface area contributed by atoms with Crippen molar-refractivity contribution in [2.24, 2.45) is 0 Å². The third-order valence-corrected chi connectivity index (χ3v) is 3.47. The Bertz CT molecular complexity index is 346. The number of aromatic hydroxyl groups is 1. The van der Waals surface area contributed by atoms with Crippen molar-refractivity contribution in [3.8, 4) is 5.75 Å². The zero-order chi connectivity index (χ0) is 11.5. The molecule has 1 N–H and O–H groups in total. The summed E-state index contributed by atoms with van der Waals surface area (Å²) in [6.45, 7) is 6.54. The van der Waals surface area contributed by atoms with Crippen molar-refractivity contribution >= 4 is 0 Å². The summed E-state index contributed by atoms with van der Waals surface area (Å²) < 4.78 is 0. The minimum atomic E-state index is 0.301. The Balaban J connectivity index is 2.07. The molecule has 0 spiro atoms. The van der Waals surface area contributed by atoms with E-state index in [-0.39, 0.29) is 0 Å². The van der Waals surface area contributed by atoms with Crippen LogP contribution in [-0.4, -0.2) is 48.1 Å². The molecule has 1 fully saturated rings. The van der Waals surface area contributed by atoms with E-state index in [2.05, 4.69) is 23.8 Å². The van der Waals surface area contributed by atoms with E-state index >= 15 is 0 Å². The zero-order valence-corrected chi connectivity index (χ0v) is 10.1. The average molecular weight is 220 g/mol. The highest BCUT2D eigenvalue weighted by molar-refractivity contribution is 5.34. The highest BCUT2D eigenvalue weighted by atomic mass is 16.3. The summed E-state index contributed by atoms with van der Waals surface area (Å²) in [7, 11) is 2.15. The van der Waals surface area contributed by atoms with Gasteiger partial charge in [0.05, 0.1) is 0 Å². The minimum absolute atomic E-state index is 0.301. The molecule has 16 heavy (non-hydrogen) atoms. The Hall–Kier alpha value is -1.06. The maximum atomic E-state index is 9.83. The van der Waals surface area contributed by atoms with Gasteiger partial charge in [-0.1, -0.05) is 18.2 Å². The standard InChI is InChI=1S/C13H20N2O/c1-11(12-5-3-4-6-13(12)16)15-9-7-14(2)8-10-15/h3-6,11,16H,7-10H2,1-2H3. The largest absolute Gasteiger partial charge is 0.508 e. The molecule has 3 nitrogen and oxygen atoms in total. The van der Waals surface area contributed by atoms with E-state index in [9.17, 15) is 5.11 Å². The lowest BCUT2D eigenvalue weighted by molar-refractivity contribution is 0.118. The molecular weight excluding hydrogens is 200 g/mol. The van der Waals surface area contributed by atoms with Crippen LogP contribution >= 0.6 is 0 Å². The van der Waals surface area contributed by atoms with E-state index in [1.807, 2.05) is 18.2 Å². The number of hydrogen-bond acceptors (Lipinski definition) is 3. The van der Waals surface area contributed by atoms with E-state index in [4.69, 9.17) is 0 Å². The average Bonchev–Trinajstić information content (AvgIpc) is 2.30. The highest BCUT2D eigenvalue weighted by Crippen LogP contribution is 2.28. The van der Waals surface area contributed by atoms with E-state index < -0.39 is 0 Å². The second kappa shape index (κ2) is 4.85. The predicted molar refractivity (Wildman–Crippen MR) is 65.6 cm³/mol. The first-order valence-corrected chi connectivity index (χ1v) is 5.89. The number of rotatable bonds is 2. The Labute approximate surface area is 97.3 Å². The van der Waals surface area contributed by atoms with Gasteiger partial charge in [0, 0.05) is 37.8 Å². The molecular formula is C13H20N2O. The number of likely N-dealkylation sites (N-methyl/N-ethyl adjacent to an activating group) is 1. The molecule has 1 unspecified atom stereocenters. The Morgan fingerprint density at radius 2 is 1.75 bits per heavy atom. The maximum Gasteiger partial charge on any atom is 0.120 e. The van der Waals surface area contributed by atoms with E-state index in [0.717, 1.165) is 31.7 Å². The Kier molecular flexibility index (Phi) is 3.46. The summed E-state index contributed by atoms with van der Waals surface area (Å²) in [5.41, 5.74) is 1.03. The lowest BCUT2D eigenvalue weighted by Crippen LogP contribution is -2.45. The number of benzene rings is 1. The fraction of sp³-hybridized carbons (Fsp3) is 0.538. The van der Waals surface area contributed by atoms with Crippen LogP contribution in [0.2, 0.25) is 0 Å². The van der Waals surface area contributed by atoms with Crippen LogP contribution in [0.4, 0.5) is 0 Å². The van der Waals surface area contributed by atoms with Crippen LogP contribution in [0.25, 0.3) is 0 Å². The van der Waals surface area contributed by atoms with E-state index in [1.54, 1.807) is 6.07 Å². The van der Waals surface area contributed by atoms with Crippen molar-refractivity contribution in [3.05, 3.63) is 29.8 Å². The monoisotopic (exact) mass is 220 g/mol. The topological polar surface area (TPSA) is 26.7 Å². The van der Waals surface area contributed by atoms with Crippen LogP contribution in [0.1, 0.15) is 18.5 Å². The molecule has 0 radical (unpaired) electrons. The number of para-hydroxylation sites is 1. The van der Waals surface area contributed by atoms with Crippen molar-refractivity contribution < 1.29 is 5.11 Å². The van der Waals surface area contributed by atoms with Crippen LogP contribution in [0, 0.1) is 0 Å². The molecule has 0 aliphatic carbocycles. The molecule has 1 heterocycles. The zero-order valence-electron chi connectivity index (χ0n) is 10.1. The number of piperazine rings is 1. The van der Waals surface area contributed by atoms with Crippen molar-refractivity contribution in [2.45, 2.75) is 13.0 Å². The van der Waals surface area contributed by atoms with Gasteiger partial charge in [-0.15, -0.1) is 0 Å². The van der Waals surface area contributed by atoms with Crippen LogP contribution in [0.5, 0.6) is 5.75 Å². The van der Waals surface area contributed by atoms with E-state index in [0.29, 0.717) is 11.8 Å². The van der Waals surface area contributed by atoms with Crippen molar-refractivity contribution in [1.29, 1.82) is 0 Å². The summed E-state index contributed by atoms with van der Waals surface area (Å²) in [6, 6.07) is 7.94. The summed E-state index contributed by atoms with van der Waals surface area (Å²) in [5.74, 6) is 0.411. The Morgan fingerprint density at radius 3 is 2.38 bits per heavy atom. The molecule has 0 bridgehead atoms. The first-order valence-electron chi connectivity index (χ1n) is 5.89. The molecule has 0 aromatic heterocycles. The second-order valence-electron chi connectivity index (χ2n) is 4.57. The molecule has 0 saturated carbocycles. The van der Waals surface area contributed by atoms with Gasteiger partial charge in [-0.25, -0.2) is 0 Å².